The van der Waals surface area contributed by atoms with E-state index in [0.717, 1.165) is 19.5 Å². The highest BCUT2D eigenvalue weighted by molar-refractivity contribution is 6.43. The van der Waals surface area contributed by atoms with Crippen LogP contribution in [0.1, 0.15) is 11.1 Å². The van der Waals surface area contributed by atoms with Gasteiger partial charge in [0.2, 0.25) is 0 Å². The number of aliphatic imine (C=N–C) groups is 1. The monoisotopic (exact) mass is 328 g/mol. The lowest BCUT2D eigenvalue weighted by molar-refractivity contribution is -0.115. The van der Waals surface area contributed by atoms with Crippen LogP contribution in [-0.2, 0) is 17.8 Å². The van der Waals surface area contributed by atoms with Crippen LogP contribution in [0.15, 0.2) is 54.3 Å². The van der Waals surface area contributed by atoms with E-state index < -0.39 is 6.10 Å². The van der Waals surface area contributed by atoms with Gasteiger partial charge in [-0.2, -0.15) is 0 Å². The number of carbonyl (C=O) groups excluding carboxylic acids is 1. The van der Waals surface area contributed by atoms with Crippen LogP contribution in [0.25, 0.3) is 0 Å². The van der Waals surface area contributed by atoms with Crippen LogP contribution >= 0.6 is 0 Å². The Morgan fingerprint density at radius 1 is 1.46 bits per heavy atom. The summed E-state index contributed by atoms with van der Waals surface area (Å²) >= 11 is 0. The van der Waals surface area contributed by atoms with Gasteiger partial charge >= 0.3 is 0 Å². The molecule has 6 heteroatoms. The van der Waals surface area contributed by atoms with Crippen LogP contribution in [-0.4, -0.2) is 47.4 Å². The standard InChI is InChI=1S/C18H24N4O2/c1-2-20-17(7-9-19)18(24)21-11-16(23)13-22-10-8-14-5-3-4-6-15(14)12-22/h2-7,9,16,23H,1,8,10-13,19H2,(H,21,24)/b9-7-,20-17+/t16-/m1/s1. The fraction of sp³-hybridized carbons (Fsp3) is 0.333. The SMILES string of the molecule is C=C/N=C(\C=C/N)C(=O)NC[C@@H](O)CN1CCc2ccccc2C1. The fourth-order valence-electron chi connectivity index (χ4n) is 2.74. The molecule has 0 unspecified atom stereocenters. The highest BCUT2D eigenvalue weighted by Gasteiger charge is 2.19. The number of nitrogens with two attached hydrogens (primary N) is 1. The van der Waals surface area contributed by atoms with Crippen molar-refractivity contribution in [1.29, 1.82) is 0 Å². The van der Waals surface area contributed by atoms with Crippen LogP contribution in [0.3, 0.4) is 0 Å². The number of β-amino-alcohol motifs (C(OH)–C–C–N with tert-alkyl or cyclic N) is 1. The van der Waals surface area contributed by atoms with Gasteiger partial charge < -0.3 is 16.2 Å². The Balaban J connectivity index is 1.81. The predicted molar refractivity (Wildman–Crippen MR) is 95.4 cm³/mol. The third-order valence-corrected chi connectivity index (χ3v) is 3.89. The first-order valence-electron chi connectivity index (χ1n) is 7.96. The third kappa shape index (κ3) is 5.04. The first-order valence-corrected chi connectivity index (χ1v) is 7.96. The Hall–Kier alpha value is -2.44. The topological polar surface area (TPSA) is 90.9 Å². The molecule has 1 aliphatic heterocycles. The molecule has 24 heavy (non-hydrogen) atoms. The van der Waals surface area contributed by atoms with E-state index in [2.05, 4.69) is 40.0 Å². The van der Waals surface area contributed by atoms with E-state index in [4.69, 9.17) is 5.73 Å². The van der Waals surface area contributed by atoms with Gasteiger partial charge in [0.1, 0.15) is 5.71 Å². The first kappa shape index (κ1) is 17.9. The first-order chi connectivity index (χ1) is 11.6. The highest BCUT2D eigenvalue weighted by atomic mass is 16.3. The minimum Gasteiger partial charge on any atom is -0.405 e. The molecule has 1 aromatic rings. The molecule has 6 nitrogen and oxygen atoms in total. The number of nitrogens with zero attached hydrogens (tertiary/aromatic N) is 2. The number of hydrogen-bond acceptors (Lipinski definition) is 5. The van der Waals surface area contributed by atoms with Gasteiger partial charge in [0.25, 0.3) is 5.91 Å². The summed E-state index contributed by atoms with van der Waals surface area (Å²) in [6, 6.07) is 8.35. The molecule has 0 fully saturated rings. The maximum atomic E-state index is 12.0. The van der Waals surface area contributed by atoms with E-state index in [1.54, 1.807) is 0 Å². The number of amides is 1. The smallest absolute Gasteiger partial charge is 0.270 e. The second-order valence-electron chi connectivity index (χ2n) is 5.67. The largest absolute Gasteiger partial charge is 0.405 e. The van der Waals surface area contributed by atoms with Crippen molar-refractivity contribution in [3.8, 4) is 0 Å². The molecule has 0 saturated heterocycles. The summed E-state index contributed by atoms with van der Waals surface area (Å²) in [6.45, 7) is 5.85. The summed E-state index contributed by atoms with van der Waals surface area (Å²) in [5, 5.41) is 12.8. The van der Waals surface area contributed by atoms with E-state index in [0.29, 0.717) is 6.54 Å². The fourth-order valence-corrected chi connectivity index (χ4v) is 2.74. The molecular weight excluding hydrogens is 304 g/mol. The maximum absolute atomic E-state index is 12.0. The number of fused-ring (bicyclic) bond motifs is 1. The number of benzene rings is 1. The van der Waals surface area contributed by atoms with Crippen LogP contribution in [0.4, 0.5) is 0 Å². The van der Waals surface area contributed by atoms with Crippen LogP contribution in [0.2, 0.25) is 0 Å². The lowest BCUT2D eigenvalue weighted by atomic mass is 10.00. The lowest BCUT2D eigenvalue weighted by Crippen LogP contribution is -2.43. The van der Waals surface area contributed by atoms with Crippen molar-refractivity contribution in [2.75, 3.05) is 19.6 Å². The number of hydrogen-bond donors (Lipinski definition) is 3. The molecule has 1 amide bonds. The van der Waals surface area contributed by atoms with Gasteiger partial charge in [-0.15, -0.1) is 0 Å². The molecule has 0 bridgehead atoms. The Morgan fingerprint density at radius 3 is 2.92 bits per heavy atom. The average molecular weight is 328 g/mol. The highest BCUT2D eigenvalue weighted by Crippen LogP contribution is 2.18. The molecule has 0 spiro atoms. The number of aliphatic hydroxyl groups is 1. The van der Waals surface area contributed by atoms with Gasteiger partial charge in [-0.1, -0.05) is 30.8 Å². The van der Waals surface area contributed by atoms with Crippen LogP contribution in [0.5, 0.6) is 0 Å². The van der Waals surface area contributed by atoms with E-state index in [1.807, 2.05) is 6.07 Å². The normalized spacial score (nSPS) is 16.6. The van der Waals surface area contributed by atoms with Gasteiger partial charge in [0, 0.05) is 32.4 Å². The number of rotatable bonds is 7. The minimum atomic E-state index is -0.647. The van der Waals surface area contributed by atoms with Crippen molar-refractivity contribution < 1.29 is 9.90 Å². The van der Waals surface area contributed by atoms with E-state index in [9.17, 15) is 9.90 Å². The molecule has 1 aromatic carbocycles. The van der Waals surface area contributed by atoms with Crippen molar-refractivity contribution in [1.82, 2.24) is 10.2 Å². The Labute approximate surface area is 142 Å². The zero-order chi connectivity index (χ0) is 17.4. The van der Waals surface area contributed by atoms with Gasteiger partial charge in [-0.3, -0.25) is 14.7 Å². The zero-order valence-corrected chi connectivity index (χ0v) is 13.7. The van der Waals surface area contributed by atoms with Gasteiger partial charge in [-0.25, -0.2) is 0 Å². The van der Waals surface area contributed by atoms with Crippen LogP contribution in [0, 0.1) is 0 Å². The average Bonchev–Trinajstić information content (AvgIpc) is 2.59. The summed E-state index contributed by atoms with van der Waals surface area (Å²) in [4.78, 5) is 18.0. The molecule has 2 rings (SSSR count). The summed E-state index contributed by atoms with van der Waals surface area (Å²) in [6.07, 6.45) is 4.24. The molecule has 1 aliphatic rings. The molecule has 1 atom stereocenters. The Kier molecular flexibility index (Phi) is 6.72. The van der Waals surface area contributed by atoms with E-state index >= 15 is 0 Å². The van der Waals surface area contributed by atoms with Crippen molar-refractivity contribution >= 4 is 11.6 Å². The second-order valence-corrected chi connectivity index (χ2v) is 5.67. The van der Waals surface area contributed by atoms with Crippen molar-refractivity contribution in [2.45, 2.75) is 19.1 Å². The summed E-state index contributed by atoms with van der Waals surface area (Å²) < 4.78 is 0. The lowest BCUT2D eigenvalue weighted by Gasteiger charge is -2.30. The summed E-state index contributed by atoms with van der Waals surface area (Å²) in [7, 11) is 0. The van der Waals surface area contributed by atoms with Gasteiger partial charge in [-0.05, 0) is 29.8 Å². The molecule has 0 aliphatic carbocycles. The second kappa shape index (κ2) is 9.00. The van der Waals surface area contributed by atoms with E-state index in [-0.39, 0.29) is 18.2 Å². The molecule has 0 saturated carbocycles. The van der Waals surface area contributed by atoms with Crippen molar-refractivity contribution in [3.05, 3.63) is 60.4 Å². The quantitative estimate of drug-likeness (QED) is 0.639. The number of nitrogens with one attached hydrogen (secondary N) is 1. The zero-order valence-electron chi connectivity index (χ0n) is 13.7. The molecule has 0 aromatic heterocycles. The number of carbonyl (C=O) groups is 1. The molecular formula is C18H24N4O2. The summed E-state index contributed by atoms with van der Waals surface area (Å²) in [5.41, 5.74) is 8.11. The maximum Gasteiger partial charge on any atom is 0.270 e. The number of aliphatic hydroxyl groups excluding tert-OH is 1. The molecule has 4 N–H and O–H groups in total. The van der Waals surface area contributed by atoms with E-state index in [1.165, 1.54) is 29.6 Å². The molecule has 128 valence electrons. The van der Waals surface area contributed by atoms with Crippen molar-refractivity contribution in [2.24, 2.45) is 10.7 Å². The van der Waals surface area contributed by atoms with Crippen LogP contribution < -0.4 is 11.1 Å². The molecule has 0 radical (unpaired) electrons. The van der Waals surface area contributed by atoms with Gasteiger partial charge in [0.05, 0.1) is 6.10 Å². The predicted octanol–water partition coefficient (Wildman–Crippen LogP) is 0.579. The Bertz CT molecular complexity index is 640. The minimum absolute atomic E-state index is 0.158. The Morgan fingerprint density at radius 2 is 2.21 bits per heavy atom. The van der Waals surface area contributed by atoms with Crippen molar-refractivity contribution in [3.63, 3.8) is 0 Å². The van der Waals surface area contributed by atoms with Gasteiger partial charge in [0.15, 0.2) is 0 Å². The molecule has 1 heterocycles. The third-order valence-electron chi connectivity index (χ3n) is 3.89. The summed E-state index contributed by atoms with van der Waals surface area (Å²) in [5.74, 6) is -0.389.